The number of hydrogen-bond acceptors (Lipinski definition) is 4. The highest BCUT2D eigenvalue weighted by Gasteiger charge is 2.23. The number of aryl methyl sites for hydroxylation is 1. The number of nitrogens with two attached hydrogens (primary N) is 1. The third kappa shape index (κ3) is 2.68. The van der Waals surface area contributed by atoms with Gasteiger partial charge in [0.15, 0.2) is 0 Å². The molecule has 0 radical (unpaired) electrons. The van der Waals surface area contributed by atoms with Gasteiger partial charge in [-0.15, -0.1) is 0 Å². The normalized spacial score (nSPS) is 12.0. The van der Waals surface area contributed by atoms with Gasteiger partial charge in [-0.25, -0.2) is 12.8 Å². The van der Waals surface area contributed by atoms with Crippen LogP contribution in [0.5, 0.6) is 0 Å². The van der Waals surface area contributed by atoms with Crippen LogP contribution in [-0.4, -0.2) is 19.8 Å². The Morgan fingerprint density at radius 1 is 1.40 bits per heavy atom. The highest BCUT2D eigenvalue weighted by Crippen LogP contribution is 2.23. The Morgan fingerprint density at radius 2 is 2.10 bits per heavy atom. The van der Waals surface area contributed by atoms with Gasteiger partial charge in [0, 0.05) is 19.2 Å². The maximum Gasteiger partial charge on any atom is 0.243 e. The van der Waals surface area contributed by atoms with E-state index in [1.807, 2.05) is 0 Å². The summed E-state index contributed by atoms with van der Waals surface area (Å²) in [6.45, 7) is 1.63. The van der Waals surface area contributed by atoms with Crippen LogP contribution in [0.4, 0.5) is 10.1 Å². The number of sulfonamides is 1. The van der Waals surface area contributed by atoms with E-state index in [0.29, 0.717) is 0 Å². The van der Waals surface area contributed by atoms with E-state index in [4.69, 9.17) is 10.2 Å². The molecule has 1 aromatic carbocycles. The molecular weight excluding hydrogens is 283 g/mol. The molecule has 0 saturated heterocycles. The van der Waals surface area contributed by atoms with Gasteiger partial charge in [-0.1, -0.05) is 0 Å². The number of furan rings is 1. The summed E-state index contributed by atoms with van der Waals surface area (Å²) in [5.41, 5.74) is 6.22. The van der Waals surface area contributed by atoms with E-state index < -0.39 is 15.8 Å². The summed E-state index contributed by atoms with van der Waals surface area (Å²) in [6, 6.07) is 4.08. The van der Waals surface area contributed by atoms with Crippen LogP contribution in [0.25, 0.3) is 0 Å². The molecule has 0 atom stereocenters. The van der Waals surface area contributed by atoms with Crippen LogP contribution < -0.4 is 5.73 Å². The fourth-order valence-corrected chi connectivity index (χ4v) is 3.10. The van der Waals surface area contributed by atoms with Gasteiger partial charge in [-0.2, -0.15) is 4.31 Å². The van der Waals surface area contributed by atoms with Gasteiger partial charge < -0.3 is 10.2 Å². The lowest BCUT2D eigenvalue weighted by Crippen LogP contribution is -2.26. The summed E-state index contributed by atoms with van der Waals surface area (Å²) in [4.78, 5) is -0.0279. The van der Waals surface area contributed by atoms with Gasteiger partial charge in [0.05, 0.1) is 23.1 Å². The van der Waals surface area contributed by atoms with Crippen LogP contribution >= 0.6 is 0 Å². The largest absolute Gasteiger partial charge is 0.472 e. The first-order chi connectivity index (χ1) is 9.32. The Kier molecular flexibility index (Phi) is 3.82. The molecule has 20 heavy (non-hydrogen) atoms. The predicted octanol–water partition coefficient (Wildman–Crippen LogP) is 2.13. The van der Waals surface area contributed by atoms with Crippen LogP contribution in [0.15, 0.2) is 40.0 Å². The van der Waals surface area contributed by atoms with Gasteiger partial charge in [0.25, 0.3) is 0 Å². The van der Waals surface area contributed by atoms with Crippen LogP contribution in [0.1, 0.15) is 11.1 Å². The van der Waals surface area contributed by atoms with Crippen LogP contribution in [-0.2, 0) is 16.6 Å². The minimum atomic E-state index is -3.73. The van der Waals surface area contributed by atoms with E-state index in [-0.39, 0.29) is 22.7 Å². The molecule has 0 aliphatic carbocycles. The minimum absolute atomic E-state index is 0.0279. The smallest absolute Gasteiger partial charge is 0.243 e. The molecule has 0 bridgehead atoms. The van der Waals surface area contributed by atoms with Crippen LogP contribution in [0, 0.1) is 12.7 Å². The lowest BCUT2D eigenvalue weighted by Gasteiger charge is -2.17. The molecule has 108 valence electrons. The summed E-state index contributed by atoms with van der Waals surface area (Å²) in [5, 5.41) is 0. The predicted molar refractivity (Wildman–Crippen MR) is 72.9 cm³/mol. The summed E-state index contributed by atoms with van der Waals surface area (Å²) in [6.07, 6.45) is 2.94. The van der Waals surface area contributed by atoms with Crippen molar-refractivity contribution in [3.05, 3.63) is 47.7 Å². The lowest BCUT2D eigenvalue weighted by atomic mass is 10.2. The van der Waals surface area contributed by atoms with Crippen molar-refractivity contribution < 1.29 is 17.2 Å². The molecular formula is C13H15FN2O3S. The Morgan fingerprint density at radius 3 is 2.65 bits per heavy atom. The van der Waals surface area contributed by atoms with E-state index in [2.05, 4.69) is 0 Å². The van der Waals surface area contributed by atoms with Gasteiger partial charge >= 0.3 is 0 Å². The van der Waals surface area contributed by atoms with E-state index in [0.717, 1.165) is 15.9 Å². The Balaban J connectivity index is 2.35. The molecule has 0 unspecified atom stereocenters. The zero-order valence-electron chi connectivity index (χ0n) is 11.1. The molecule has 0 spiro atoms. The third-order valence-corrected chi connectivity index (χ3v) is 4.73. The van der Waals surface area contributed by atoms with Crippen LogP contribution in [0.3, 0.4) is 0 Å². The van der Waals surface area contributed by atoms with Gasteiger partial charge in [0.2, 0.25) is 10.0 Å². The van der Waals surface area contributed by atoms with Crippen molar-refractivity contribution in [1.82, 2.24) is 4.31 Å². The van der Waals surface area contributed by atoms with E-state index in [9.17, 15) is 12.8 Å². The third-order valence-electron chi connectivity index (χ3n) is 2.95. The quantitative estimate of drug-likeness (QED) is 0.877. The molecule has 2 N–H and O–H groups in total. The number of nitrogens with zero attached hydrogens (tertiary/aromatic N) is 1. The molecule has 0 saturated carbocycles. The molecule has 0 aliphatic rings. The van der Waals surface area contributed by atoms with Gasteiger partial charge in [-0.3, -0.25) is 0 Å². The maximum atomic E-state index is 13.5. The molecule has 0 fully saturated rings. The second-order valence-corrected chi connectivity index (χ2v) is 6.58. The first kappa shape index (κ1) is 14.5. The van der Waals surface area contributed by atoms with Gasteiger partial charge in [0.1, 0.15) is 5.82 Å². The average molecular weight is 298 g/mol. The molecule has 7 heteroatoms. The van der Waals surface area contributed by atoms with Crippen molar-refractivity contribution in [2.45, 2.75) is 18.4 Å². The molecule has 1 aromatic heterocycles. The molecule has 2 aromatic rings. The standard InChI is InChI=1S/C13H15FN2O3S/c1-9-5-11(6-12(15)13(9)14)20(17,18)16(2)7-10-3-4-19-8-10/h3-6,8H,7,15H2,1-2H3. The Hall–Kier alpha value is -1.86. The van der Waals surface area contributed by atoms with Crippen molar-refractivity contribution in [2.75, 3.05) is 12.8 Å². The van der Waals surface area contributed by atoms with Crippen molar-refractivity contribution in [3.63, 3.8) is 0 Å². The van der Waals surface area contributed by atoms with Crippen LogP contribution in [0.2, 0.25) is 0 Å². The second-order valence-electron chi connectivity index (χ2n) is 4.54. The number of anilines is 1. The summed E-state index contributed by atoms with van der Waals surface area (Å²) < 4.78 is 44.3. The van der Waals surface area contributed by atoms with Gasteiger partial charge in [-0.05, 0) is 30.7 Å². The first-order valence-corrected chi connectivity index (χ1v) is 7.29. The minimum Gasteiger partial charge on any atom is -0.472 e. The first-order valence-electron chi connectivity index (χ1n) is 5.85. The highest BCUT2D eigenvalue weighted by molar-refractivity contribution is 7.89. The number of nitrogen functional groups attached to an aromatic ring is 1. The second kappa shape index (κ2) is 5.26. The zero-order chi connectivity index (χ0) is 14.9. The summed E-state index contributed by atoms with van der Waals surface area (Å²) >= 11 is 0. The van der Waals surface area contributed by atoms with Crippen molar-refractivity contribution in [2.24, 2.45) is 0 Å². The van der Waals surface area contributed by atoms with E-state index in [1.165, 1.54) is 32.6 Å². The average Bonchev–Trinajstić information content (AvgIpc) is 2.88. The van der Waals surface area contributed by atoms with Crippen molar-refractivity contribution >= 4 is 15.7 Å². The monoisotopic (exact) mass is 298 g/mol. The number of rotatable bonds is 4. The molecule has 0 amide bonds. The molecule has 1 heterocycles. The summed E-state index contributed by atoms with van der Waals surface area (Å²) in [7, 11) is -2.29. The molecule has 5 nitrogen and oxygen atoms in total. The lowest BCUT2D eigenvalue weighted by molar-refractivity contribution is 0.463. The van der Waals surface area contributed by atoms with Crippen molar-refractivity contribution in [1.29, 1.82) is 0 Å². The highest BCUT2D eigenvalue weighted by atomic mass is 32.2. The number of hydrogen-bond donors (Lipinski definition) is 1. The zero-order valence-corrected chi connectivity index (χ0v) is 11.9. The van der Waals surface area contributed by atoms with Crippen molar-refractivity contribution in [3.8, 4) is 0 Å². The molecule has 0 aliphatic heterocycles. The maximum absolute atomic E-state index is 13.5. The topological polar surface area (TPSA) is 76.5 Å². The van der Waals surface area contributed by atoms with E-state index >= 15 is 0 Å². The molecule has 2 rings (SSSR count). The van der Waals surface area contributed by atoms with E-state index in [1.54, 1.807) is 6.07 Å². The Labute approximate surface area is 116 Å². The fraction of sp³-hybridized carbons (Fsp3) is 0.231. The SMILES string of the molecule is Cc1cc(S(=O)(=O)N(C)Cc2ccoc2)cc(N)c1F. The number of halogens is 1. The number of benzene rings is 1. The fourth-order valence-electron chi connectivity index (χ4n) is 1.82. The summed E-state index contributed by atoms with van der Waals surface area (Å²) in [5.74, 6) is -0.596. The Bertz CT molecular complexity index is 688.